The van der Waals surface area contributed by atoms with E-state index in [0.717, 1.165) is 16.0 Å². The summed E-state index contributed by atoms with van der Waals surface area (Å²) >= 11 is 2.83. The minimum Gasteiger partial charge on any atom is -0.497 e. The molecular weight excluding hydrogens is 332 g/mol. The molecule has 6 nitrogen and oxygen atoms in total. The quantitative estimate of drug-likeness (QED) is 0.710. The molecule has 124 valence electrons. The molecule has 2 aromatic rings. The summed E-state index contributed by atoms with van der Waals surface area (Å²) in [4.78, 5) is 12.0. The summed E-state index contributed by atoms with van der Waals surface area (Å²) in [6.07, 6.45) is 0. The Bertz CT molecular complexity index is 646. The zero-order chi connectivity index (χ0) is 16.7. The van der Waals surface area contributed by atoms with E-state index in [4.69, 9.17) is 4.74 Å². The van der Waals surface area contributed by atoms with Crippen LogP contribution in [0.5, 0.6) is 5.75 Å². The molecular formula is C15H20N4O2S2. The Kier molecular flexibility index (Phi) is 6.66. The number of amides is 1. The average Bonchev–Trinajstić information content (AvgIpc) is 2.99. The highest BCUT2D eigenvalue weighted by molar-refractivity contribution is 8.01. The van der Waals surface area contributed by atoms with E-state index in [-0.39, 0.29) is 11.7 Å². The standard InChI is InChI=1S/C15H20N4O2S2/c1-10(2)8-16-14-18-19-15(23-14)22-9-13(20)17-11-5-4-6-12(7-11)21-3/h4-7,10H,8-9H2,1-3H3,(H,16,18)(H,17,20). The van der Waals surface area contributed by atoms with Crippen LogP contribution in [-0.4, -0.2) is 35.5 Å². The minimum absolute atomic E-state index is 0.0878. The van der Waals surface area contributed by atoms with Crippen LogP contribution in [0.15, 0.2) is 28.6 Å². The third kappa shape index (κ3) is 6.07. The molecule has 0 aliphatic heterocycles. The maximum absolute atomic E-state index is 12.0. The molecule has 0 spiro atoms. The summed E-state index contributed by atoms with van der Waals surface area (Å²) in [7, 11) is 1.59. The number of hydrogen-bond acceptors (Lipinski definition) is 7. The fourth-order valence-electron chi connectivity index (χ4n) is 1.66. The first kappa shape index (κ1) is 17.6. The van der Waals surface area contributed by atoms with Crippen LogP contribution in [0.25, 0.3) is 0 Å². The Balaban J connectivity index is 1.80. The van der Waals surface area contributed by atoms with Crippen molar-refractivity contribution in [3.8, 4) is 5.75 Å². The fraction of sp³-hybridized carbons (Fsp3) is 0.400. The zero-order valence-corrected chi connectivity index (χ0v) is 15.0. The molecule has 0 saturated carbocycles. The number of rotatable bonds is 8. The first-order valence-corrected chi connectivity index (χ1v) is 9.01. The number of carbonyl (C=O) groups is 1. The van der Waals surface area contributed by atoms with Gasteiger partial charge in [-0.3, -0.25) is 4.79 Å². The van der Waals surface area contributed by atoms with Crippen LogP contribution >= 0.6 is 23.1 Å². The molecule has 0 aliphatic rings. The van der Waals surface area contributed by atoms with Crippen LogP contribution in [0.3, 0.4) is 0 Å². The molecule has 1 aromatic carbocycles. The summed E-state index contributed by atoms with van der Waals surface area (Å²) in [5, 5.41) is 15.0. The van der Waals surface area contributed by atoms with Crippen molar-refractivity contribution in [3.63, 3.8) is 0 Å². The Morgan fingerprint density at radius 3 is 2.96 bits per heavy atom. The van der Waals surface area contributed by atoms with Crippen molar-refractivity contribution in [3.05, 3.63) is 24.3 Å². The molecule has 1 aromatic heterocycles. The Morgan fingerprint density at radius 1 is 1.39 bits per heavy atom. The number of hydrogen-bond donors (Lipinski definition) is 2. The molecule has 0 saturated heterocycles. The van der Waals surface area contributed by atoms with E-state index >= 15 is 0 Å². The van der Waals surface area contributed by atoms with E-state index in [9.17, 15) is 4.79 Å². The predicted octanol–water partition coefficient (Wildman–Crippen LogP) is 3.35. The smallest absolute Gasteiger partial charge is 0.234 e. The second-order valence-corrected chi connectivity index (χ2v) is 7.42. The number of methoxy groups -OCH3 is 1. The highest BCUT2D eigenvalue weighted by atomic mass is 32.2. The van der Waals surface area contributed by atoms with E-state index in [1.165, 1.54) is 23.1 Å². The summed E-state index contributed by atoms with van der Waals surface area (Å²) in [6, 6.07) is 7.27. The van der Waals surface area contributed by atoms with Gasteiger partial charge in [0.1, 0.15) is 5.75 Å². The van der Waals surface area contributed by atoms with Gasteiger partial charge in [-0.1, -0.05) is 43.0 Å². The van der Waals surface area contributed by atoms with Gasteiger partial charge in [-0.15, -0.1) is 10.2 Å². The molecule has 0 fully saturated rings. The van der Waals surface area contributed by atoms with E-state index in [0.29, 0.717) is 17.4 Å². The first-order chi connectivity index (χ1) is 11.1. The van der Waals surface area contributed by atoms with Gasteiger partial charge in [-0.2, -0.15) is 0 Å². The Hall–Kier alpha value is -1.80. The van der Waals surface area contributed by atoms with Crippen molar-refractivity contribution in [1.82, 2.24) is 10.2 Å². The highest BCUT2D eigenvalue weighted by Crippen LogP contribution is 2.26. The summed E-state index contributed by atoms with van der Waals surface area (Å²) in [5.41, 5.74) is 0.714. The van der Waals surface area contributed by atoms with Crippen LogP contribution in [0.1, 0.15) is 13.8 Å². The molecule has 0 radical (unpaired) electrons. The molecule has 23 heavy (non-hydrogen) atoms. The molecule has 8 heteroatoms. The van der Waals surface area contributed by atoms with Crippen LogP contribution in [0.4, 0.5) is 10.8 Å². The van der Waals surface area contributed by atoms with Crippen molar-refractivity contribution in [2.45, 2.75) is 18.2 Å². The van der Waals surface area contributed by atoms with E-state index in [1.807, 2.05) is 18.2 Å². The van der Waals surface area contributed by atoms with Gasteiger partial charge in [-0.25, -0.2) is 0 Å². The largest absolute Gasteiger partial charge is 0.497 e. The second kappa shape index (κ2) is 8.73. The molecule has 2 rings (SSSR count). The van der Waals surface area contributed by atoms with Crippen molar-refractivity contribution in [2.24, 2.45) is 5.92 Å². The summed E-state index contributed by atoms with van der Waals surface area (Å²) in [5.74, 6) is 1.45. The number of carbonyl (C=O) groups excluding carboxylic acids is 1. The van der Waals surface area contributed by atoms with Gasteiger partial charge < -0.3 is 15.4 Å². The molecule has 1 amide bonds. The molecule has 2 N–H and O–H groups in total. The first-order valence-electron chi connectivity index (χ1n) is 7.21. The third-order valence-corrected chi connectivity index (χ3v) is 4.76. The lowest BCUT2D eigenvalue weighted by molar-refractivity contribution is -0.113. The van der Waals surface area contributed by atoms with Gasteiger partial charge in [0.15, 0.2) is 4.34 Å². The van der Waals surface area contributed by atoms with Crippen molar-refractivity contribution < 1.29 is 9.53 Å². The van der Waals surface area contributed by atoms with Crippen LogP contribution in [0, 0.1) is 5.92 Å². The Labute approximate surface area is 144 Å². The van der Waals surface area contributed by atoms with Crippen LogP contribution < -0.4 is 15.4 Å². The average molecular weight is 352 g/mol. The molecule has 0 bridgehead atoms. The van der Waals surface area contributed by atoms with Crippen molar-refractivity contribution in [1.29, 1.82) is 0 Å². The van der Waals surface area contributed by atoms with Gasteiger partial charge in [0.05, 0.1) is 12.9 Å². The third-order valence-electron chi connectivity index (χ3n) is 2.75. The fourth-order valence-corrected chi connectivity index (χ4v) is 3.21. The van der Waals surface area contributed by atoms with E-state index < -0.39 is 0 Å². The van der Waals surface area contributed by atoms with Gasteiger partial charge >= 0.3 is 0 Å². The maximum Gasteiger partial charge on any atom is 0.234 e. The lowest BCUT2D eigenvalue weighted by Crippen LogP contribution is -2.13. The van der Waals surface area contributed by atoms with E-state index in [2.05, 4.69) is 34.7 Å². The lowest BCUT2D eigenvalue weighted by atomic mass is 10.2. The summed E-state index contributed by atoms with van der Waals surface area (Å²) < 4.78 is 5.90. The minimum atomic E-state index is -0.0878. The number of aromatic nitrogens is 2. The lowest BCUT2D eigenvalue weighted by Gasteiger charge is -2.06. The molecule has 0 unspecified atom stereocenters. The zero-order valence-electron chi connectivity index (χ0n) is 13.3. The Morgan fingerprint density at radius 2 is 2.22 bits per heavy atom. The van der Waals surface area contributed by atoms with Gasteiger partial charge in [-0.05, 0) is 18.1 Å². The van der Waals surface area contributed by atoms with Crippen molar-refractivity contribution in [2.75, 3.05) is 30.0 Å². The predicted molar refractivity (Wildman–Crippen MR) is 95.6 cm³/mol. The van der Waals surface area contributed by atoms with Gasteiger partial charge in [0, 0.05) is 18.3 Å². The van der Waals surface area contributed by atoms with Gasteiger partial charge in [0.2, 0.25) is 11.0 Å². The molecule has 0 atom stereocenters. The maximum atomic E-state index is 12.0. The number of thioether (sulfide) groups is 1. The number of nitrogens with zero attached hydrogens (tertiary/aromatic N) is 2. The molecule has 0 aliphatic carbocycles. The number of anilines is 2. The molecule has 1 heterocycles. The SMILES string of the molecule is COc1cccc(NC(=O)CSc2nnc(NCC(C)C)s2)c1. The topological polar surface area (TPSA) is 76.1 Å². The normalized spacial score (nSPS) is 10.6. The highest BCUT2D eigenvalue weighted by Gasteiger charge is 2.09. The number of nitrogens with one attached hydrogen (secondary N) is 2. The van der Waals surface area contributed by atoms with Gasteiger partial charge in [0.25, 0.3) is 0 Å². The summed E-state index contributed by atoms with van der Waals surface area (Å²) in [6.45, 7) is 5.12. The van der Waals surface area contributed by atoms with Crippen LogP contribution in [0.2, 0.25) is 0 Å². The van der Waals surface area contributed by atoms with Crippen molar-refractivity contribution >= 4 is 39.8 Å². The van der Waals surface area contributed by atoms with E-state index in [1.54, 1.807) is 13.2 Å². The number of benzene rings is 1. The second-order valence-electron chi connectivity index (χ2n) is 5.22. The van der Waals surface area contributed by atoms with Crippen LogP contribution in [-0.2, 0) is 4.79 Å². The monoisotopic (exact) mass is 352 g/mol. The number of ether oxygens (including phenoxy) is 1.